The molecule has 14 heavy (non-hydrogen) atoms. The summed E-state index contributed by atoms with van der Waals surface area (Å²) in [5.74, 6) is 0. The van der Waals surface area contributed by atoms with Gasteiger partial charge in [0.2, 0.25) is 0 Å². The second kappa shape index (κ2) is 3.71. The Labute approximate surface area is 84.0 Å². The minimum absolute atomic E-state index is 0.594. The molecule has 0 saturated carbocycles. The first-order valence-corrected chi connectivity index (χ1v) is 5.09. The fraction of sp³-hybridized carbons (Fsp3) is 0.700. The van der Waals surface area contributed by atoms with Gasteiger partial charge < -0.3 is 15.0 Å². The van der Waals surface area contributed by atoms with Crippen molar-refractivity contribution in [3.05, 3.63) is 18.2 Å². The summed E-state index contributed by atoms with van der Waals surface area (Å²) in [6, 6.07) is 0. The molecule has 1 saturated heterocycles. The van der Waals surface area contributed by atoms with Crippen molar-refractivity contribution in [3.63, 3.8) is 0 Å². The predicted octanol–water partition coefficient (Wildman–Crippen LogP) is 0.306. The van der Waals surface area contributed by atoms with Gasteiger partial charge in [-0.1, -0.05) is 0 Å². The molecule has 1 aliphatic heterocycles. The number of hydrogen-bond acceptors (Lipinski definition) is 3. The van der Waals surface area contributed by atoms with Crippen molar-refractivity contribution in [1.29, 1.82) is 0 Å². The SMILES string of the molecule is Cc1cncn1CC1(O)CCCNC1. The van der Waals surface area contributed by atoms with Crippen LogP contribution in [0.5, 0.6) is 0 Å². The molecule has 1 fully saturated rings. The first-order valence-electron chi connectivity index (χ1n) is 5.09. The van der Waals surface area contributed by atoms with E-state index in [2.05, 4.69) is 10.3 Å². The van der Waals surface area contributed by atoms with Gasteiger partial charge in [0.15, 0.2) is 0 Å². The first-order chi connectivity index (χ1) is 6.70. The molecule has 1 aromatic heterocycles. The first kappa shape index (κ1) is 9.68. The lowest BCUT2D eigenvalue weighted by Crippen LogP contribution is -2.48. The van der Waals surface area contributed by atoms with Crippen molar-refractivity contribution in [2.45, 2.75) is 31.9 Å². The Morgan fingerprint density at radius 1 is 1.71 bits per heavy atom. The summed E-state index contributed by atoms with van der Waals surface area (Å²) in [5, 5.41) is 13.5. The number of β-amino-alcohol motifs (C(OH)–C–C–N with tert-alkyl or cyclic N) is 1. The maximum Gasteiger partial charge on any atom is 0.0950 e. The Balaban J connectivity index is 2.05. The molecule has 2 rings (SSSR count). The Bertz CT molecular complexity index is 302. The number of hydrogen-bond donors (Lipinski definition) is 2. The fourth-order valence-electron chi connectivity index (χ4n) is 1.96. The van der Waals surface area contributed by atoms with Gasteiger partial charge in [0.1, 0.15) is 0 Å². The summed E-state index contributed by atoms with van der Waals surface area (Å²) in [6.45, 7) is 4.36. The van der Waals surface area contributed by atoms with Crippen LogP contribution in [0.3, 0.4) is 0 Å². The summed E-state index contributed by atoms with van der Waals surface area (Å²) in [5.41, 5.74) is 0.507. The lowest BCUT2D eigenvalue weighted by molar-refractivity contribution is 0.000239. The Kier molecular flexibility index (Phi) is 2.56. The van der Waals surface area contributed by atoms with Crippen LogP contribution < -0.4 is 5.32 Å². The molecule has 2 heterocycles. The molecule has 1 aromatic rings. The van der Waals surface area contributed by atoms with E-state index in [-0.39, 0.29) is 0 Å². The number of aromatic nitrogens is 2. The number of rotatable bonds is 2. The van der Waals surface area contributed by atoms with Gasteiger partial charge in [-0.3, -0.25) is 0 Å². The molecule has 1 atom stereocenters. The Morgan fingerprint density at radius 3 is 3.14 bits per heavy atom. The molecule has 0 amide bonds. The highest BCUT2D eigenvalue weighted by molar-refractivity contribution is 4.97. The van der Waals surface area contributed by atoms with Crippen molar-refractivity contribution in [2.24, 2.45) is 0 Å². The fourth-order valence-corrected chi connectivity index (χ4v) is 1.96. The summed E-state index contributed by atoms with van der Waals surface area (Å²) in [7, 11) is 0. The molecule has 0 spiro atoms. The third-order valence-corrected chi connectivity index (χ3v) is 2.83. The second-order valence-electron chi connectivity index (χ2n) is 4.17. The maximum absolute atomic E-state index is 10.3. The highest BCUT2D eigenvalue weighted by atomic mass is 16.3. The van der Waals surface area contributed by atoms with Crippen LogP contribution >= 0.6 is 0 Å². The summed E-state index contributed by atoms with van der Waals surface area (Å²) < 4.78 is 2.01. The molecule has 4 nitrogen and oxygen atoms in total. The quantitative estimate of drug-likeness (QED) is 0.714. The van der Waals surface area contributed by atoms with E-state index in [4.69, 9.17) is 0 Å². The number of imidazole rings is 1. The largest absolute Gasteiger partial charge is 0.387 e. The third kappa shape index (κ3) is 1.96. The molecule has 1 aliphatic rings. The summed E-state index contributed by atoms with van der Waals surface area (Å²) >= 11 is 0. The van der Waals surface area contributed by atoms with Gasteiger partial charge in [0.25, 0.3) is 0 Å². The van der Waals surface area contributed by atoms with Gasteiger partial charge in [0.05, 0.1) is 18.5 Å². The van der Waals surface area contributed by atoms with Crippen LogP contribution in [0.2, 0.25) is 0 Å². The van der Waals surface area contributed by atoms with E-state index in [0.29, 0.717) is 13.1 Å². The minimum Gasteiger partial charge on any atom is -0.387 e. The summed E-state index contributed by atoms with van der Waals surface area (Å²) in [4.78, 5) is 4.05. The van der Waals surface area contributed by atoms with Gasteiger partial charge in [-0.2, -0.15) is 0 Å². The lowest BCUT2D eigenvalue weighted by atomic mass is 9.94. The van der Waals surface area contributed by atoms with Crippen LogP contribution in [0.15, 0.2) is 12.5 Å². The molecule has 0 bridgehead atoms. The number of aliphatic hydroxyl groups is 1. The van der Waals surface area contributed by atoms with Crippen LogP contribution in [-0.2, 0) is 6.54 Å². The van der Waals surface area contributed by atoms with Gasteiger partial charge >= 0.3 is 0 Å². The zero-order chi connectivity index (χ0) is 10.0. The number of piperidine rings is 1. The maximum atomic E-state index is 10.3. The third-order valence-electron chi connectivity index (χ3n) is 2.83. The smallest absolute Gasteiger partial charge is 0.0950 e. The van der Waals surface area contributed by atoms with E-state index in [0.717, 1.165) is 25.1 Å². The van der Waals surface area contributed by atoms with Crippen molar-refractivity contribution in [1.82, 2.24) is 14.9 Å². The molecular weight excluding hydrogens is 178 g/mol. The van der Waals surface area contributed by atoms with Crippen molar-refractivity contribution >= 4 is 0 Å². The van der Waals surface area contributed by atoms with Crippen LogP contribution in [-0.4, -0.2) is 33.3 Å². The second-order valence-corrected chi connectivity index (χ2v) is 4.17. The topological polar surface area (TPSA) is 50.1 Å². The molecule has 2 N–H and O–H groups in total. The molecular formula is C10H17N3O. The van der Waals surface area contributed by atoms with Crippen LogP contribution in [0.4, 0.5) is 0 Å². The molecule has 0 radical (unpaired) electrons. The van der Waals surface area contributed by atoms with E-state index in [1.165, 1.54) is 0 Å². The van der Waals surface area contributed by atoms with E-state index in [9.17, 15) is 5.11 Å². The average molecular weight is 195 g/mol. The van der Waals surface area contributed by atoms with Gasteiger partial charge in [-0.15, -0.1) is 0 Å². The zero-order valence-corrected chi connectivity index (χ0v) is 8.53. The van der Waals surface area contributed by atoms with Gasteiger partial charge in [0, 0.05) is 18.4 Å². The van der Waals surface area contributed by atoms with E-state index in [1.54, 1.807) is 6.33 Å². The molecule has 1 unspecified atom stereocenters. The van der Waals surface area contributed by atoms with Gasteiger partial charge in [-0.25, -0.2) is 4.98 Å². The van der Waals surface area contributed by atoms with Gasteiger partial charge in [-0.05, 0) is 26.3 Å². The zero-order valence-electron chi connectivity index (χ0n) is 8.53. The highest BCUT2D eigenvalue weighted by Gasteiger charge is 2.29. The number of nitrogens with one attached hydrogen (secondary N) is 1. The summed E-state index contributed by atoms with van der Waals surface area (Å²) in [6.07, 6.45) is 5.52. The average Bonchev–Trinajstić information content (AvgIpc) is 2.52. The lowest BCUT2D eigenvalue weighted by Gasteiger charge is -2.33. The van der Waals surface area contributed by atoms with E-state index >= 15 is 0 Å². The number of aryl methyl sites for hydroxylation is 1. The van der Waals surface area contributed by atoms with E-state index < -0.39 is 5.60 Å². The standard InChI is InChI=1S/C10H17N3O/c1-9-5-12-8-13(9)7-10(14)3-2-4-11-6-10/h5,8,11,14H,2-4,6-7H2,1H3. The normalized spacial score (nSPS) is 27.9. The van der Waals surface area contributed by atoms with Crippen LogP contribution in [0.25, 0.3) is 0 Å². The monoisotopic (exact) mass is 195 g/mol. The molecule has 0 aliphatic carbocycles. The molecule has 0 aromatic carbocycles. The van der Waals surface area contributed by atoms with Crippen LogP contribution in [0, 0.1) is 6.92 Å². The van der Waals surface area contributed by atoms with Crippen LogP contribution in [0.1, 0.15) is 18.5 Å². The van der Waals surface area contributed by atoms with Crippen molar-refractivity contribution < 1.29 is 5.11 Å². The predicted molar refractivity (Wildman–Crippen MR) is 54.0 cm³/mol. The molecule has 78 valence electrons. The highest BCUT2D eigenvalue weighted by Crippen LogP contribution is 2.18. The van der Waals surface area contributed by atoms with Crippen molar-refractivity contribution in [3.8, 4) is 0 Å². The minimum atomic E-state index is -0.594. The van der Waals surface area contributed by atoms with E-state index in [1.807, 2.05) is 17.7 Å². The Hall–Kier alpha value is -0.870. The van der Waals surface area contributed by atoms with Crippen molar-refractivity contribution in [2.75, 3.05) is 13.1 Å². The Morgan fingerprint density at radius 2 is 2.57 bits per heavy atom. The molecule has 4 heteroatoms. The number of nitrogens with zero attached hydrogens (tertiary/aromatic N) is 2.